The number of hydrogen-bond donors (Lipinski definition) is 1. The molecule has 0 bridgehead atoms. The van der Waals surface area contributed by atoms with Crippen LogP contribution < -0.4 is 0 Å². The Morgan fingerprint density at radius 3 is 3.12 bits per heavy atom. The molecule has 0 spiro atoms. The standard InChI is InChI=1S/C11H15BrN2O3/c1-17-5-3-9-13-10(12)8-6-7(11(15)16)2-4-14(8)9/h7H,2-6H2,1H3,(H,15,16). The van der Waals surface area contributed by atoms with E-state index in [0.717, 1.165) is 29.1 Å². The lowest BCUT2D eigenvalue weighted by Gasteiger charge is -2.22. The van der Waals surface area contributed by atoms with Gasteiger partial charge in [-0.1, -0.05) is 0 Å². The Hall–Kier alpha value is -0.880. The number of carboxylic acid groups (broad SMARTS) is 1. The van der Waals surface area contributed by atoms with Crippen molar-refractivity contribution in [1.82, 2.24) is 9.55 Å². The molecule has 1 aliphatic heterocycles. The maximum atomic E-state index is 11.0. The minimum Gasteiger partial charge on any atom is -0.481 e. The van der Waals surface area contributed by atoms with Crippen LogP contribution in [0.15, 0.2) is 4.60 Å². The predicted molar refractivity (Wildman–Crippen MR) is 65.0 cm³/mol. The molecular weight excluding hydrogens is 288 g/mol. The van der Waals surface area contributed by atoms with E-state index >= 15 is 0 Å². The van der Waals surface area contributed by atoms with Gasteiger partial charge in [0.1, 0.15) is 10.4 Å². The van der Waals surface area contributed by atoms with Crippen LogP contribution in [0.2, 0.25) is 0 Å². The summed E-state index contributed by atoms with van der Waals surface area (Å²) in [7, 11) is 1.66. The van der Waals surface area contributed by atoms with Crippen molar-refractivity contribution >= 4 is 21.9 Å². The molecule has 2 heterocycles. The van der Waals surface area contributed by atoms with E-state index in [4.69, 9.17) is 9.84 Å². The number of hydrogen-bond acceptors (Lipinski definition) is 3. The van der Waals surface area contributed by atoms with Crippen molar-refractivity contribution in [2.45, 2.75) is 25.8 Å². The van der Waals surface area contributed by atoms with Crippen molar-refractivity contribution in [3.8, 4) is 0 Å². The zero-order valence-electron chi connectivity index (χ0n) is 9.65. The van der Waals surface area contributed by atoms with Crippen LogP contribution in [0.5, 0.6) is 0 Å². The summed E-state index contributed by atoms with van der Waals surface area (Å²) in [6, 6.07) is 0. The van der Waals surface area contributed by atoms with Crippen LogP contribution in [0.3, 0.4) is 0 Å². The lowest BCUT2D eigenvalue weighted by atomic mass is 9.96. The van der Waals surface area contributed by atoms with E-state index in [9.17, 15) is 4.79 Å². The molecule has 1 unspecified atom stereocenters. The van der Waals surface area contributed by atoms with Crippen molar-refractivity contribution in [3.05, 3.63) is 16.1 Å². The minimum atomic E-state index is -0.720. The minimum absolute atomic E-state index is 0.286. The van der Waals surface area contributed by atoms with Gasteiger partial charge in [-0.05, 0) is 22.4 Å². The molecule has 0 aliphatic carbocycles. The van der Waals surface area contributed by atoms with Gasteiger partial charge >= 0.3 is 5.97 Å². The van der Waals surface area contributed by atoms with Gasteiger partial charge in [-0.2, -0.15) is 0 Å². The Kier molecular flexibility index (Phi) is 3.83. The van der Waals surface area contributed by atoms with Crippen LogP contribution in [0.25, 0.3) is 0 Å². The average molecular weight is 303 g/mol. The maximum absolute atomic E-state index is 11.0. The number of methoxy groups -OCH3 is 1. The average Bonchev–Trinajstić information content (AvgIpc) is 2.63. The van der Waals surface area contributed by atoms with E-state index in [-0.39, 0.29) is 5.92 Å². The van der Waals surface area contributed by atoms with Crippen molar-refractivity contribution in [2.24, 2.45) is 5.92 Å². The zero-order valence-corrected chi connectivity index (χ0v) is 11.2. The van der Waals surface area contributed by atoms with Crippen molar-refractivity contribution in [3.63, 3.8) is 0 Å². The van der Waals surface area contributed by atoms with Gasteiger partial charge in [0.2, 0.25) is 0 Å². The van der Waals surface area contributed by atoms with E-state index < -0.39 is 5.97 Å². The molecule has 0 fully saturated rings. The molecule has 5 nitrogen and oxygen atoms in total. The first kappa shape index (κ1) is 12.6. The molecular formula is C11H15BrN2O3. The lowest BCUT2D eigenvalue weighted by molar-refractivity contribution is -0.142. The van der Waals surface area contributed by atoms with Crippen LogP contribution in [0, 0.1) is 5.92 Å². The van der Waals surface area contributed by atoms with Crippen LogP contribution >= 0.6 is 15.9 Å². The Morgan fingerprint density at radius 1 is 1.71 bits per heavy atom. The number of imidazole rings is 1. The van der Waals surface area contributed by atoms with Crippen LogP contribution in [0.1, 0.15) is 17.9 Å². The molecule has 0 saturated heterocycles. The smallest absolute Gasteiger partial charge is 0.306 e. The second kappa shape index (κ2) is 5.18. The first-order valence-corrected chi connectivity index (χ1v) is 6.38. The monoisotopic (exact) mass is 302 g/mol. The number of carboxylic acids is 1. The molecule has 1 aromatic heterocycles. The van der Waals surface area contributed by atoms with Crippen molar-refractivity contribution in [1.29, 1.82) is 0 Å². The van der Waals surface area contributed by atoms with E-state index in [1.807, 2.05) is 0 Å². The second-order valence-corrected chi connectivity index (χ2v) is 4.94. The van der Waals surface area contributed by atoms with Crippen LogP contribution in [-0.4, -0.2) is 34.3 Å². The molecule has 17 heavy (non-hydrogen) atoms. The summed E-state index contributed by atoms with van der Waals surface area (Å²) >= 11 is 3.41. The number of fused-ring (bicyclic) bond motifs is 1. The Balaban J connectivity index is 2.21. The van der Waals surface area contributed by atoms with Crippen molar-refractivity contribution in [2.75, 3.05) is 13.7 Å². The topological polar surface area (TPSA) is 64.4 Å². The van der Waals surface area contributed by atoms with Gasteiger partial charge in [-0.25, -0.2) is 4.98 Å². The number of halogens is 1. The highest BCUT2D eigenvalue weighted by atomic mass is 79.9. The zero-order chi connectivity index (χ0) is 12.4. The Bertz CT molecular complexity index is 431. The lowest BCUT2D eigenvalue weighted by Crippen LogP contribution is -2.26. The van der Waals surface area contributed by atoms with Gasteiger partial charge < -0.3 is 14.4 Å². The third-order valence-electron chi connectivity index (χ3n) is 3.12. The summed E-state index contributed by atoms with van der Waals surface area (Å²) in [6.07, 6.45) is 1.98. The van der Waals surface area contributed by atoms with Crippen LogP contribution in [-0.2, 0) is 28.9 Å². The summed E-state index contributed by atoms with van der Waals surface area (Å²) in [5, 5.41) is 9.04. The van der Waals surface area contributed by atoms with Crippen molar-refractivity contribution < 1.29 is 14.6 Å². The fraction of sp³-hybridized carbons (Fsp3) is 0.636. The fourth-order valence-electron chi connectivity index (χ4n) is 2.18. The Labute approximate surface area is 108 Å². The molecule has 94 valence electrons. The molecule has 6 heteroatoms. The van der Waals surface area contributed by atoms with Gasteiger partial charge in [0.05, 0.1) is 18.2 Å². The number of aromatic nitrogens is 2. The molecule has 1 aliphatic rings. The summed E-state index contributed by atoms with van der Waals surface area (Å²) in [5.74, 6) is -0.0360. The molecule has 1 aromatic rings. The van der Waals surface area contributed by atoms with Gasteiger partial charge in [0.15, 0.2) is 0 Å². The number of rotatable bonds is 4. The molecule has 2 rings (SSSR count). The quantitative estimate of drug-likeness (QED) is 0.915. The van der Waals surface area contributed by atoms with E-state index in [1.54, 1.807) is 7.11 Å². The number of carbonyl (C=O) groups is 1. The summed E-state index contributed by atoms with van der Waals surface area (Å²) in [6.45, 7) is 1.36. The molecule has 0 radical (unpaired) electrons. The maximum Gasteiger partial charge on any atom is 0.306 e. The molecule has 0 aromatic carbocycles. The first-order chi connectivity index (χ1) is 8.13. The van der Waals surface area contributed by atoms with Gasteiger partial charge in [-0.15, -0.1) is 0 Å². The highest BCUT2D eigenvalue weighted by Crippen LogP contribution is 2.28. The summed E-state index contributed by atoms with van der Waals surface area (Å²) in [4.78, 5) is 15.4. The van der Waals surface area contributed by atoms with Gasteiger partial charge in [0.25, 0.3) is 0 Å². The number of aliphatic carboxylic acids is 1. The third kappa shape index (κ3) is 2.52. The molecule has 0 saturated carbocycles. The third-order valence-corrected chi connectivity index (χ3v) is 3.76. The number of nitrogens with zero attached hydrogens (tertiary/aromatic N) is 2. The highest BCUT2D eigenvalue weighted by Gasteiger charge is 2.28. The summed E-state index contributed by atoms with van der Waals surface area (Å²) in [5.41, 5.74) is 0.995. The first-order valence-electron chi connectivity index (χ1n) is 5.59. The van der Waals surface area contributed by atoms with E-state index in [1.165, 1.54) is 0 Å². The van der Waals surface area contributed by atoms with E-state index in [2.05, 4.69) is 25.5 Å². The largest absolute Gasteiger partial charge is 0.481 e. The molecule has 0 amide bonds. The summed E-state index contributed by atoms with van der Waals surface area (Å²) < 4.78 is 7.93. The van der Waals surface area contributed by atoms with Crippen LogP contribution in [0.4, 0.5) is 0 Å². The van der Waals surface area contributed by atoms with E-state index in [0.29, 0.717) is 19.4 Å². The molecule has 1 atom stereocenters. The normalized spacial score (nSPS) is 19.1. The Morgan fingerprint density at radius 2 is 2.47 bits per heavy atom. The second-order valence-electron chi connectivity index (χ2n) is 4.19. The van der Waals surface area contributed by atoms with Gasteiger partial charge in [0, 0.05) is 26.5 Å². The SMILES string of the molecule is COCCc1nc(Br)c2n1CCC(C(=O)O)C2. The van der Waals surface area contributed by atoms with Gasteiger partial charge in [-0.3, -0.25) is 4.79 Å². The highest BCUT2D eigenvalue weighted by molar-refractivity contribution is 9.10. The number of ether oxygens (including phenoxy) is 1. The molecule has 1 N–H and O–H groups in total. The predicted octanol–water partition coefficient (Wildman–Crippen LogP) is 1.48. The fourth-order valence-corrected chi connectivity index (χ4v) is 2.76.